The lowest BCUT2D eigenvalue weighted by Crippen LogP contribution is -2.60. The van der Waals surface area contributed by atoms with E-state index in [0.29, 0.717) is 6.42 Å². The third kappa shape index (κ3) is 20.9. The molecule has 0 saturated carbocycles. The van der Waals surface area contributed by atoms with Crippen molar-refractivity contribution in [3.63, 3.8) is 0 Å². The minimum absolute atomic E-state index is 0.110. The summed E-state index contributed by atoms with van der Waals surface area (Å²) in [6.45, 7) is 3.53. The van der Waals surface area contributed by atoms with Crippen molar-refractivity contribution in [2.24, 2.45) is 0 Å². The molecule has 0 radical (unpaired) electrons. The molecule has 1 fully saturated rings. The maximum Gasteiger partial charge on any atom is 0.224 e. The number of ether oxygens (including phenoxy) is 2. The Morgan fingerprint density at radius 3 is 1.83 bits per heavy atom. The van der Waals surface area contributed by atoms with E-state index in [1.165, 1.54) is 38.5 Å². The van der Waals surface area contributed by atoms with Gasteiger partial charge in [0.15, 0.2) is 6.29 Å². The predicted octanol–water partition coefficient (Wildman–Crippen LogP) is 5.88. The fourth-order valence-corrected chi connectivity index (χ4v) is 5.10. The summed E-state index contributed by atoms with van der Waals surface area (Å²) >= 11 is 0. The van der Waals surface area contributed by atoms with Crippen molar-refractivity contribution in [2.45, 2.75) is 153 Å². The molecule has 0 aromatic rings. The van der Waals surface area contributed by atoms with E-state index in [1.807, 2.05) is 18.2 Å². The lowest BCUT2D eigenvalue weighted by molar-refractivity contribution is -0.302. The zero-order valence-electron chi connectivity index (χ0n) is 29.5. The Hall–Kier alpha value is -2.37. The minimum atomic E-state index is -1.58. The second-order valence-corrected chi connectivity index (χ2v) is 12.3. The van der Waals surface area contributed by atoms with Gasteiger partial charge in [0.1, 0.15) is 24.4 Å². The molecular formula is C39H65NO8. The number of aliphatic hydroxyl groups excluding tert-OH is 5. The molecule has 9 nitrogen and oxygen atoms in total. The average molecular weight is 676 g/mol. The lowest BCUT2D eigenvalue weighted by Gasteiger charge is -2.40. The third-order valence-electron chi connectivity index (χ3n) is 8.07. The van der Waals surface area contributed by atoms with Crippen LogP contribution in [-0.4, -0.2) is 87.5 Å². The summed E-state index contributed by atoms with van der Waals surface area (Å²) in [6, 6.07) is -0.859. The van der Waals surface area contributed by atoms with Crippen LogP contribution in [0.15, 0.2) is 72.9 Å². The van der Waals surface area contributed by atoms with Crippen LogP contribution in [0, 0.1) is 0 Å². The lowest BCUT2D eigenvalue weighted by atomic mass is 9.99. The van der Waals surface area contributed by atoms with Crippen molar-refractivity contribution >= 4 is 5.91 Å². The maximum atomic E-state index is 12.8. The predicted molar refractivity (Wildman–Crippen MR) is 193 cm³/mol. The van der Waals surface area contributed by atoms with E-state index < -0.39 is 49.5 Å². The topological polar surface area (TPSA) is 149 Å². The van der Waals surface area contributed by atoms with Crippen LogP contribution in [0.25, 0.3) is 0 Å². The second-order valence-electron chi connectivity index (χ2n) is 12.3. The van der Waals surface area contributed by atoms with E-state index in [-0.39, 0.29) is 18.9 Å². The first-order valence-corrected chi connectivity index (χ1v) is 18.2. The molecule has 0 bridgehead atoms. The van der Waals surface area contributed by atoms with Crippen LogP contribution in [-0.2, 0) is 14.3 Å². The molecule has 6 N–H and O–H groups in total. The summed E-state index contributed by atoms with van der Waals surface area (Å²) in [7, 11) is 0. The van der Waals surface area contributed by atoms with E-state index in [9.17, 15) is 30.3 Å². The van der Waals surface area contributed by atoms with Crippen LogP contribution in [0.1, 0.15) is 110 Å². The molecule has 274 valence electrons. The molecule has 0 aliphatic carbocycles. The Kier molecular flexibility index (Phi) is 26.9. The SMILES string of the molecule is CC/C=C\C/C=C\C/C=C\C/C=C\C/C=C\CC(=O)NC(COC1OC(CO)C(O)C(O)C1O)C(O)/C=C/CCCCCCCCCC. The van der Waals surface area contributed by atoms with E-state index in [2.05, 4.69) is 61.7 Å². The van der Waals surface area contributed by atoms with E-state index in [4.69, 9.17) is 9.47 Å². The van der Waals surface area contributed by atoms with E-state index >= 15 is 0 Å². The van der Waals surface area contributed by atoms with Gasteiger partial charge >= 0.3 is 0 Å². The van der Waals surface area contributed by atoms with Crippen LogP contribution < -0.4 is 5.32 Å². The van der Waals surface area contributed by atoms with Gasteiger partial charge in [0.25, 0.3) is 0 Å². The highest BCUT2D eigenvalue weighted by molar-refractivity contribution is 5.77. The number of allylic oxidation sites excluding steroid dienone is 10. The van der Waals surface area contributed by atoms with Crippen molar-refractivity contribution in [1.82, 2.24) is 5.32 Å². The van der Waals surface area contributed by atoms with Crippen LogP contribution in [0.4, 0.5) is 0 Å². The van der Waals surface area contributed by atoms with E-state index in [0.717, 1.165) is 44.9 Å². The summed E-state index contributed by atoms with van der Waals surface area (Å²) in [6.07, 6.45) is 31.2. The fraction of sp³-hybridized carbons (Fsp3) is 0.667. The number of hydrogen-bond donors (Lipinski definition) is 6. The summed E-state index contributed by atoms with van der Waals surface area (Å²) in [5, 5.41) is 53.6. The molecule has 9 heteroatoms. The fourth-order valence-electron chi connectivity index (χ4n) is 5.10. The smallest absolute Gasteiger partial charge is 0.224 e. The molecule has 1 saturated heterocycles. The standard InChI is InChI=1S/C39H65NO8/c1-3-5-7-9-11-13-15-16-17-18-19-21-23-25-27-29-35(43)40-32(31-47-39-38(46)37(45)36(44)34(30-41)48-39)33(42)28-26-24-22-20-14-12-10-8-6-4-2/h5,7,11,13,16-17,19,21,25-28,32-34,36-39,41-42,44-46H,3-4,6,8-10,12,14-15,18,20,22-24,29-31H2,1-2H3,(H,40,43)/b7-5-,13-11-,17-16-,21-19-,27-25-,28-26+. The quantitative estimate of drug-likeness (QED) is 0.0468. The Morgan fingerprint density at radius 2 is 1.27 bits per heavy atom. The number of nitrogens with one attached hydrogen (secondary N) is 1. The number of carbonyl (C=O) groups is 1. The highest BCUT2D eigenvalue weighted by Crippen LogP contribution is 2.22. The zero-order valence-corrected chi connectivity index (χ0v) is 29.5. The van der Waals surface area contributed by atoms with Gasteiger partial charge in [-0.05, 0) is 44.9 Å². The summed E-state index contributed by atoms with van der Waals surface area (Å²) < 4.78 is 11.1. The first-order chi connectivity index (χ1) is 23.3. The van der Waals surface area contributed by atoms with Crippen LogP contribution in [0.3, 0.4) is 0 Å². The first-order valence-electron chi connectivity index (χ1n) is 18.2. The van der Waals surface area contributed by atoms with Crippen molar-refractivity contribution < 1.29 is 39.8 Å². The van der Waals surface area contributed by atoms with Gasteiger partial charge in [-0.1, -0.05) is 132 Å². The summed E-state index contributed by atoms with van der Waals surface area (Å²) in [5.74, 6) is -0.311. The number of unbranched alkanes of at least 4 members (excludes halogenated alkanes) is 8. The van der Waals surface area contributed by atoms with Gasteiger partial charge in [-0.3, -0.25) is 4.79 Å². The Balaban J connectivity index is 2.57. The Labute approximate surface area is 289 Å². The molecule has 1 aliphatic rings. The molecule has 1 rings (SSSR count). The molecule has 0 spiro atoms. The summed E-state index contributed by atoms with van der Waals surface area (Å²) in [5.41, 5.74) is 0. The van der Waals surface area contributed by atoms with Crippen LogP contribution >= 0.6 is 0 Å². The molecular weight excluding hydrogens is 610 g/mol. The summed E-state index contributed by atoms with van der Waals surface area (Å²) in [4.78, 5) is 12.8. The number of aliphatic hydroxyl groups is 5. The normalized spacial score (nSPS) is 23.5. The van der Waals surface area contributed by atoms with E-state index in [1.54, 1.807) is 12.2 Å². The van der Waals surface area contributed by atoms with Gasteiger partial charge < -0.3 is 40.3 Å². The molecule has 1 aliphatic heterocycles. The van der Waals surface area contributed by atoms with Gasteiger partial charge in [0.2, 0.25) is 5.91 Å². The van der Waals surface area contributed by atoms with Gasteiger partial charge in [0.05, 0.1) is 25.4 Å². The first kappa shape index (κ1) is 43.7. The van der Waals surface area contributed by atoms with Gasteiger partial charge in [-0.2, -0.15) is 0 Å². The molecule has 7 atom stereocenters. The van der Waals surface area contributed by atoms with Crippen molar-refractivity contribution in [3.05, 3.63) is 72.9 Å². The average Bonchev–Trinajstić information content (AvgIpc) is 3.08. The largest absolute Gasteiger partial charge is 0.394 e. The molecule has 1 amide bonds. The van der Waals surface area contributed by atoms with Crippen LogP contribution in [0.2, 0.25) is 0 Å². The zero-order chi connectivity index (χ0) is 35.2. The van der Waals surface area contributed by atoms with Crippen LogP contribution in [0.5, 0.6) is 0 Å². The number of amides is 1. The third-order valence-corrected chi connectivity index (χ3v) is 8.07. The molecule has 0 aromatic carbocycles. The highest BCUT2D eigenvalue weighted by atomic mass is 16.7. The van der Waals surface area contributed by atoms with Gasteiger partial charge in [-0.15, -0.1) is 0 Å². The number of hydrogen-bond acceptors (Lipinski definition) is 8. The monoisotopic (exact) mass is 675 g/mol. The van der Waals surface area contributed by atoms with Crippen molar-refractivity contribution in [2.75, 3.05) is 13.2 Å². The minimum Gasteiger partial charge on any atom is -0.394 e. The molecule has 48 heavy (non-hydrogen) atoms. The maximum absolute atomic E-state index is 12.8. The molecule has 1 heterocycles. The Morgan fingerprint density at radius 1 is 0.729 bits per heavy atom. The second kappa shape index (κ2) is 29.5. The number of carbonyl (C=O) groups excluding carboxylic acids is 1. The highest BCUT2D eigenvalue weighted by Gasteiger charge is 2.44. The Bertz CT molecular complexity index is 973. The number of rotatable bonds is 27. The molecule has 0 aromatic heterocycles. The van der Waals surface area contributed by atoms with Gasteiger partial charge in [-0.25, -0.2) is 0 Å². The van der Waals surface area contributed by atoms with Crippen molar-refractivity contribution in [1.29, 1.82) is 0 Å². The van der Waals surface area contributed by atoms with Crippen molar-refractivity contribution in [3.8, 4) is 0 Å². The molecule has 7 unspecified atom stereocenters. The van der Waals surface area contributed by atoms with Gasteiger partial charge in [0, 0.05) is 6.42 Å².